The van der Waals surface area contributed by atoms with Gasteiger partial charge in [-0.15, -0.1) is 0 Å². The molecule has 1 aromatic carbocycles. The van der Waals surface area contributed by atoms with Crippen molar-refractivity contribution < 1.29 is 27.8 Å². The van der Waals surface area contributed by atoms with E-state index in [1.807, 2.05) is 0 Å². The molecule has 0 aliphatic carbocycles. The number of carbonyl (C=O) groups is 1. The number of benzene rings is 1. The molecule has 0 heterocycles. The maximum atomic E-state index is 12.3. The number of hydrogen-bond donors (Lipinski definition) is 2. The molecule has 0 aliphatic rings. The minimum Gasteiger partial charge on any atom is -0.497 e. The van der Waals surface area contributed by atoms with Gasteiger partial charge in [-0.1, -0.05) is 0 Å². The van der Waals surface area contributed by atoms with Crippen molar-refractivity contribution in [3.05, 3.63) is 18.2 Å². The van der Waals surface area contributed by atoms with Crippen molar-refractivity contribution in [3.8, 4) is 11.5 Å². The maximum absolute atomic E-state index is 12.3. The number of methoxy groups -OCH3 is 2. The molecule has 0 fully saturated rings. The van der Waals surface area contributed by atoms with E-state index in [4.69, 9.17) is 14.6 Å². The lowest BCUT2D eigenvalue weighted by Gasteiger charge is -2.20. The van der Waals surface area contributed by atoms with Gasteiger partial charge >= 0.3 is 5.97 Å². The van der Waals surface area contributed by atoms with Gasteiger partial charge in [0, 0.05) is 12.6 Å². The van der Waals surface area contributed by atoms with Gasteiger partial charge in [-0.25, -0.2) is 13.1 Å². The number of sulfonamides is 1. The normalized spacial score (nSPS) is 12.0. The van der Waals surface area contributed by atoms with Gasteiger partial charge in [0.25, 0.3) is 0 Å². The SMILES string of the molecule is COc1ccc(S(=O)(=O)NCC(C)(C)C(=O)O)c(OC)c1. The predicted octanol–water partition coefficient (Wildman–Crippen LogP) is 1.09. The number of hydrogen-bond acceptors (Lipinski definition) is 5. The van der Waals surface area contributed by atoms with E-state index in [0.717, 1.165) is 0 Å². The summed E-state index contributed by atoms with van der Waals surface area (Å²) in [4.78, 5) is 10.9. The molecule has 1 aromatic rings. The first-order chi connectivity index (χ1) is 9.64. The molecule has 0 radical (unpaired) electrons. The average molecular weight is 317 g/mol. The van der Waals surface area contributed by atoms with Crippen molar-refractivity contribution in [2.75, 3.05) is 20.8 Å². The van der Waals surface area contributed by atoms with Crippen molar-refractivity contribution in [3.63, 3.8) is 0 Å². The summed E-state index contributed by atoms with van der Waals surface area (Å²) in [6.45, 7) is 2.63. The second-order valence-electron chi connectivity index (χ2n) is 5.03. The molecule has 0 saturated heterocycles. The lowest BCUT2D eigenvalue weighted by Crippen LogP contribution is -2.38. The minimum atomic E-state index is -3.89. The van der Waals surface area contributed by atoms with Crippen molar-refractivity contribution in [1.82, 2.24) is 4.72 Å². The zero-order valence-electron chi connectivity index (χ0n) is 12.3. The lowest BCUT2D eigenvalue weighted by atomic mass is 9.95. The average Bonchev–Trinajstić information content (AvgIpc) is 2.44. The monoisotopic (exact) mass is 317 g/mol. The van der Waals surface area contributed by atoms with Crippen LogP contribution in [0.4, 0.5) is 0 Å². The molecule has 0 bridgehead atoms. The van der Waals surface area contributed by atoms with Crippen LogP contribution in [-0.4, -0.2) is 40.3 Å². The molecule has 0 aromatic heterocycles. The molecular weight excluding hydrogens is 298 g/mol. The molecule has 0 atom stereocenters. The second kappa shape index (κ2) is 6.31. The molecular formula is C13H19NO6S. The van der Waals surface area contributed by atoms with Crippen molar-refractivity contribution in [1.29, 1.82) is 0 Å². The molecule has 118 valence electrons. The fraction of sp³-hybridized carbons (Fsp3) is 0.462. The van der Waals surface area contributed by atoms with Crippen LogP contribution in [0.1, 0.15) is 13.8 Å². The Balaban J connectivity index is 3.06. The Morgan fingerprint density at radius 2 is 1.90 bits per heavy atom. The third-order valence-corrected chi connectivity index (χ3v) is 4.38. The third-order valence-electron chi connectivity index (χ3n) is 2.94. The largest absolute Gasteiger partial charge is 0.497 e. The van der Waals surface area contributed by atoms with Crippen molar-refractivity contribution >= 4 is 16.0 Å². The standard InChI is InChI=1S/C13H19NO6S/c1-13(2,12(15)16)8-14-21(17,18)11-6-5-9(19-3)7-10(11)20-4/h5-7,14H,8H2,1-4H3,(H,15,16). The first-order valence-corrected chi connectivity index (χ1v) is 7.57. The van der Waals surface area contributed by atoms with E-state index in [9.17, 15) is 13.2 Å². The van der Waals surface area contributed by atoms with Crippen LogP contribution in [0.15, 0.2) is 23.1 Å². The molecule has 7 nitrogen and oxygen atoms in total. The van der Waals surface area contributed by atoms with E-state index in [2.05, 4.69) is 4.72 Å². The van der Waals surface area contributed by atoms with Crippen LogP contribution in [0.2, 0.25) is 0 Å². The van der Waals surface area contributed by atoms with Crippen LogP contribution in [0.5, 0.6) is 11.5 Å². The summed E-state index contributed by atoms with van der Waals surface area (Å²) in [5, 5.41) is 9.00. The molecule has 0 saturated carbocycles. The summed E-state index contributed by atoms with van der Waals surface area (Å²) in [5.41, 5.74) is -1.22. The van der Waals surface area contributed by atoms with Crippen LogP contribution >= 0.6 is 0 Å². The van der Waals surface area contributed by atoms with E-state index in [1.165, 1.54) is 46.3 Å². The number of ether oxygens (including phenoxy) is 2. The van der Waals surface area contributed by atoms with Gasteiger partial charge in [0.1, 0.15) is 16.4 Å². The van der Waals surface area contributed by atoms with Crippen molar-refractivity contribution in [2.24, 2.45) is 5.41 Å². The molecule has 21 heavy (non-hydrogen) atoms. The number of rotatable bonds is 7. The molecule has 0 aliphatic heterocycles. The second-order valence-corrected chi connectivity index (χ2v) is 6.77. The van der Waals surface area contributed by atoms with Gasteiger partial charge in [-0.2, -0.15) is 0 Å². The Bertz CT molecular complexity index is 624. The van der Waals surface area contributed by atoms with Gasteiger partial charge in [-0.05, 0) is 26.0 Å². The summed E-state index contributed by atoms with van der Waals surface area (Å²) in [7, 11) is -1.09. The molecule has 0 spiro atoms. The van der Waals surface area contributed by atoms with E-state index >= 15 is 0 Å². The Kier molecular flexibility index (Phi) is 5.19. The van der Waals surface area contributed by atoms with Crippen molar-refractivity contribution in [2.45, 2.75) is 18.7 Å². The van der Waals surface area contributed by atoms with Crippen LogP contribution in [0, 0.1) is 5.41 Å². The quantitative estimate of drug-likeness (QED) is 0.780. The molecule has 8 heteroatoms. The highest BCUT2D eigenvalue weighted by atomic mass is 32.2. The molecule has 0 unspecified atom stereocenters. The zero-order valence-corrected chi connectivity index (χ0v) is 13.2. The van der Waals surface area contributed by atoms with Gasteiger partial charge in [-0.3, -0.25) is 4.79 Å². The van der Waals surface area contributed by atoms with Gasteiger partial charge in [0.2, 0.25) is 10.0 Å². The van der Waals surface area contributed by atoms with E-state index in [1.54, 1.807) is 0 Å². The van der Waals surface area contributed by atoms with Gasteiger partial charge in [0.15, 0.2) is 0 Å². The van der Waals surface area contributed by atoms with Gasteiger partial charge in [0.05, 0.1) is 19.6 Å². The van der Waals surface area contributed by atoms with E-state index < -0.39 is 21.4 Å². The fourth-order valence-corrected chi connectivity index (χ4v) is 2.79. The van der Waals surface area contributed by atoms with Crippen LogP contribution in [0.25, 0.3) is 0 Å². The Labute approximate surface area is 123 Å². The lowest BCUT2D eigenvalue weighted by molar-refractivity contribution is -0.146. The van der Waals surface area contributed by atoms with E-state index in [0.29, 0.717) is 5.75 Å². The van der Waals surface area contributed by atoms with Gasteiger partial charge < -0.3 is 14.6 Å². The summed E-state index contributed by atoms with van der Waals surface area (Å²) < 4.78 is 36.8. The summed E-state index contributed by atoms with van der Waals surface area (Å²) in [5.74, 6) is -0.515. The number of aliphatic carboxylic acids is 1. The molecule has 0 amide bonds. The Morgan fingerprint density at radius 3 is 2.38 bits per heavy atom. The van der Waals surface area contributed by atoms with Crippen LogP contribution < -0.4 is 14.2 Å². The third kappa shape index (κ3) is 4.08. The number of nitrogens with one attached hydrogen (secondary N) is 1. The summed E-state index contributed by atoms with van der Waals surface area (Å²) in [6, 6.07) is 4.27. The zero-order chi connectivity index (χ0) is 16.3. The topological polar surface area (TPSA) is 102 Å². The predicted molar refractivity (Wildman–Crippen MR) is 76.2 cm³/mol. The Morgan fingerprint density at radius 1 is 1.29 bits per heavy atom. The highest BCUT2D eigenvalue weighted by Gasteiger charge is 2.30. The van der Waals surface area contributed by atoms with Crippen LogP contribution in [-0.2, 0) is 14.8 Å². The maximum Gasteiger partial charge on any atom is 0.310 e. The molecule has 2 N–H and O–H groups in total. The minimum absolute atomic E-state index is 0.0769. The van der Waals surface area contributed by atoms with E-state index in [-0.39, 0.29) is 17.2 Å². The smallest absolute Gasteiger partial charge is 0.310 e. The highest BCUT2D eigenvalue weighted by molar-refractivity contribution is 7.89. The Hall–Kier alpha value is -1.80. The fourth-order valence-electron chi connectivity index (χ4n) is 1.43. The van der Waals surface area contributed by atoms with Crippen LogP contribution in [0.3, 0.4) is 0 Å². The highest BCUT2D eigenvalue weighted by Crippen LogP contribution is 2.28. The number of carboxylic acid groups (broad SMARTS) is 1. The summed E-state index contributed by atoms with van der Waals surface area (Å²) >= 11 is 0. The summed E-state index contributed by atoms with van der Waals surface area (Å²) in [6.07, 6.45) is 0. The first-order valence-electron chi connectivity index (χ1n) is 6.09. The first kappa shape index (κ1) is 17.3. The molecule has 1 rings (SSSR count). The number of carboxylic acids is 1.